The van der Waals surface area contributed by atoms with Gasteiger partial charge < -0.3 is 0 Å². The molecule has 0 N–H and O–H groups in total. The van der Waals surface area contributed by atoms with Gasteiger partial charge in [0.25, 0.3) is 0 Å². The second kappa shape index (κ2) is 4.67. The predicted octanol–water partition coefficient (Wildman–Crippen LogP) is 5.01. The molecule has 0 radical (unpaired) electrons. The molecular formula is C11H14Br2S. The van der Waals surface area contributed by atoms with Gasteiger partial charge in [-0.05, 0) is 52.7 Å². The lowest BCUT2D eigenvalue weighted by atomic mass is 9.84. The summed E-state index contributed by atoms with van der Waals surface area (Å²) < 4.78 is 1.26. The second-order valence-corrected chi connectivity index (χ2v) is 7.33. The summed E-state index contributed by atoms with van der Waals surface area (Å²) in [6, 6.07) is 4.42. The first-order valence-electron chi connectivity index (χ1n) is 5.04. The van der Waals surface area contributed by atoms with Crippen LogP contribution in [0.2, 0.25) is 0 Å². The van der Waals surface area contributed by atoms with E-state index in [9.17, 15) is 0 Å². The fourth-order valence-electron chi connectivity index (χ4n) is 2.30. The Balaban J connectivity index is 2.08. The molecule has 0 saturated heterocycles. The van der Waals surface area contributed by atoms with Crippen molar-refractivity contribution in [2.45, 2.75) is 32.1 Å². The van der Waals surface area contributed by atoms with Crippen LogP contribution in [0, 0.1) is 5.41 Å². The normalized spacial score (nSPS) is 20.1. The van der Waals surface area contributed by atoms with Crippen LogP contribution in [0.5, 0.6) is 0 Å². The predicted molar refractivity (Wildman–Crippen MR) is 70.4 cm³/mol. The highest BCUT2D eigenvalue weighted by Crippen LogP contribution is 2.43. The standard InChI is InChI=1S/C11H14Br2S/c12-8-11(5-1-2-6-11)7-9-3-4-10(13)14-9/h3-4H,1-2,5-8H2. The largest absolute Gasteiger partial charge is 0.133 e. The molecule has 0 atom stereocenters. The summed E-state index contributed by atoms with van der Waals surface area (Å²) in [6.07, 6.45) is 6.88. The summed E-state index contributed by atoms with van der Waals surface area (Å²) in [5.74, 6) is 0. The Morgan fingerprint density at radius 2 is 2.00 bits per heavy atom. The molecule has 1 aromatic rings. The van der Waals surface area contributed by atoms with Crippen LogP contribution in [0.4, 0.5) is 0 Å². The van der Waals surface area contributed by atoms with E-state index in [0.717, 1.165) is 5.33 Å². The van der Waals surface area contributed by atoms with Crippen LogP contribution in [0.15, 0.2) is 15.9 Å². The van der Waals surface area contributed by atoms with Crippen molar-refractivity contribution in [1.29, 1.82) is 0 Å². The molecule has 78 valence electrons. The minimum absolute atomic E-state index is 0.560. The lowest BCUT2D eigenvalue weighted by Crippen LogP contribution is -2.20. The minimum Gasteiger partial charge on any atom is -0.133 e. The fourth-order valence-corrected chi connectivity index (χ4v) is 4.71. The first kappa shape index (κ1) is 11.2. The molecule has 1 heterocycles. The molecular weight excluding hydrogens is 324 g/mol. The minimum atomic E-state index is 0.560. The van der Waals surface area contributed by atoms with Crippen molar-refractivity contribution in [1.82, 2.24) is 0 Å². The molecule has 3 heteroatoms. The zero-order valence-electron chi connectivity index (χ0n) is 8.06. The third-order valence-corrected chi connectivity index (χ3v) is 5.94. The third kappa shape index (κ3) is 2.42. The highest BCUT2D eigenvalue weighted by Gasteiger charge is 2.33. The SMILES string of the molecule is BrCC1(Cc2ccc(Br)s2)CCCC1. The van der Waals surface area contributed by atoms with E-state index >= 15 is 0 Å². The highest BCUT2D eigenvalue weighted by atomic mass is 79.9. The summed E-state index contributed by atoms with van der Waals surface area (Å²) in [7, 11) is 0. The average molecular weight is 338 g/mol. The summed E-state index contributed by atoms with van der Waals surface area (Å²) in [6.45, 7) is 0. The van der Waals surface area contributed by atoms with Crippen LogP contribution in [0.25, 0.3) is 0 Å². The average Bonchev–Trinajstić information content (AvgIpc) is 2.77. The third-order valence-electron chi connectivity index (χ3n) is 3.13. The number of hydrogen-bond acceptors (Lipinski definition) is 1. The van der Waals surface area contributed by atoms with Gasteiger partial charge in [0.1, 0.15) is 0 Å². The molecule has 1 saturated carbocycles. The first-order chi connectivity index (χ1) is 6.74. The maximum atomic E-state index is 3.69. The number of alkyl halides is 1. The quantitative estimate of drug-likeness (QED) is 0.680. The number of hydrogen-bond donors (Lipinski definition) is 0. The lowest BCUT2D eigenvalue weighted by molar-refractivity contribution is 0.349. The van der Waals surface area contributed by atoms with E-state index in [-0.39, 0.29) is 0 Å². The Kier molecular flexibility index (Phi) is 3.72. The molecule has 0 aromatic carbocycles. The molecule has 0 nitrogen and oxygen atoms in total. The van der Waals surface area contributed by atoms with Crippen molar-refractivity contribution in [2.24, 2.45) is 5.41 Å². The smallest absolute Gasteiger partial charge is 0.0701 e. The summed E-state index contributed by atoms with van der Waals surface area (Å²) in [5, 5.41) is 1.16. The fraction of sp³-hybridized carbons (Fsp3) is 0.636. The number of rotatable bonds is 3. The van der Waals surface area contributed by atoms with E-state index < -0.39 is 0 Å². The molecule has 0 bridgehead atoms. The summed E-state index contributed by atoms with van der Waals surface area (Å²) in [5.41, 5.74) is 0.560. The zero-order valence-corrected chi connectivity index (χ0v) is 12.1. The molecule has 1 aliphatic rings. The van der Waals surface area contributed by atoms with Gasteiger partial charge >= 0.3 is 0 Å². The Morgan fingerprint density at radius 3 is 2.50 bits per heavy atom. The van der Waals surface area contributed by atoms with Crippen molar-refractivity contribution >= 4 is 43.2 Å². The van der Waals surface area contributed by atoms with Crippen LogP contribution in [-0.4, -0.2) is 5.33 Å². The Bertz CT molecular complexity index is 300. The summed E-state index contributed by atoms with van der Waals surface area (Å²) >= 11 is 9.10. The van der Waals surface area contributed by atoms with Gasteiger partial charge in [0, 0.05) is 10.2 Å². The molecule has 1 aliphatic carbocycles. The molecule has 1 fully saturated rings. The number of thiophene rings is 1. The Hall–Kier alpha value is 0.660. The second-order valence-electron chi connectivity index (χ2n) is 4.22. The van der Waals surface area contributed by atoms with Crippen molar-refractivity contribution in [3.63, 3.8) is 0 Å². The zero-order chi connectivity index (χ0) is 10.0. The van der Waals surface area contributed by atoms with Crippen molar-refractivity contribution < 1.29 is 0 Å². The van der Waals surface area contributed by atoms with Gasteiger partial charge in [-0.25, -0.2) is 0 Å². The van der Waals surface area contributed by atoms with Crippen LogP contribution in [0.1, 0.15) is 30.6 Å². The lowest BCUT2D eigenvalue weighted by Gasteiger charge is -2.25. The van der Waals surface area contributed by atoms with E-state index in [1.807, 2.05) is 11.3 Å². The van der Waals surface area contributed by atoms with E-state index in [0.29, 0.717) is 5.41 Å². The van der Waals surface area contributed by atoms with E-state index in [4.69, 9.17) is 0 Å². The molecule has 14 heavy (non-hydrogen) atoms. The maximum Gasteiger partial charge on any atom is 0.0701 e. The van der Waals surface area contributed by atoms with Gasteiger partial charge in [0.2, 0.25) is 0 Å². The molecule has 1 aromatic heterocycles. The van der Waals surface area contributed by atoms with Gasteiger partial charge in [0.15, 0.2) is 0 Å². The van der Waals surface area contributed by atoms with Gasteiger partial charge in [-0.2, -0.15) is 0 Å². The topological polar surface area (TPSA) is 0 Å². The first-order valence-corrected chi connectivity index (χ1v) is 7.77. The van der Waals surface area contributed by atoms with Crippen LogP contribution < -0.4 is 0 Å². The maximum absolute atomic E-state index is 3.69. The van der Waals surface area contributed by atoms with Crippen LogP contribution in [-0.2, 0) is 6.42 Å². The van der Waals surface area contributed by atoms with E-state index in [1.165, 1.54) is 40.8 Å². The highest BCUT2D eigenvalue weighted by molar-refractivity contribution is 9.11. The summed E-state index contributed by atoms with van der Waals surface area (Å²) in [4.78, 5) is 1.53. The molecule has 0 unspecified atom stereocenters. The monoisotopic (exact) mass is 336 g/mol. The van der Waals surface area contributed by atoms with Crippen LogP contribution in [0.3, 0.4) is 0 Å². The molecule has 0 spiro atoms. The number of halogens is 2. The van der Waals surface area contributed by atoms with Gasteiger partial charge in [-0.15, -0.1) is 11.3 Å². The van der Waals surface area contributed by atoms with Gasteiger partial charge in [-0.1, -0.05) is 28.8 Å². The van der Waals surface area contributed by atoms with E-state index in [2.05, 4.69) is 44.0 Å². The van der Waals surface area contributed by atoms with Gasteiger partial charge in [0.05, 0.1) is 3.79 Å². The molecule has 2 rings (SSSR count). The van der Waals surface area contributed by atoms with Crippen molar-refractivity contribution in [3.8, 4) is 0 Å². The van der Waals surface area contributed by atoms with Crippen molar-refractivity contribution in [2.75, 3.05) is 5.33 Å². The van der Waals surface area contributed by atoms with Gasteiger partial charge in [-0.3, -0.25) is 0 Å². The molecule has 0 aliphatic heterocycles. The van der Waals surface area contributed by atoms with E-state index in [1.54, 1.807) is 0 Å². The Morgan fingerprint density at radius 1 is 1.29 bits per heavy atom. The van der Waals surface area contributed by atoms with Crippen molar-refractivity contribution in [3.05, 3.63) is 20.8 Å². The Labute approximate surface area is 106 Å². The van der Waals surface area contributed by atoms with Crippen LogP contribution >= 0.6 is 43.2 Å². The molecule has 0 amide bonds.